The molecule has 1 saturated carbocycles. The number of ether oxygens (including phenoxy) is 1. The average Bonchev–Trinajstić information content (AvgIpc) is 2.88. The van der Waals surface area contributed by atoms with Gasteiger partial charge < -0.3 is 14.7 Å². The number of aliphatic hydroxyl groups excluding tert-OH is 1. The van der Waals surface area contributed by atoms with Crippen molar-refractivity contribution >= 4 is 6.09 Å². The number of carbonyl (C=O) groups excluding carboxylic acids is 1. The standard InChI is InChI=1S/C17H30N2O3/c1-2-22-16(21)18-11-6-14(7-12-18)19-10-4-9-17(13-19)8-3-5-15(17)20/h14-15,20H,2-13H2,1H3/t15-,17-/m1/s1. The number of hydrogen-bond acceptors (Lipinski definition) is 4. The molecule has 1 aliphatic carbocycles. The summed E-state index contributed by atoms with van der Waals surface area (Å²) in [6.07, 6.45) is 7.53. The highest BCUT2D eigenvalue weighted by atomic mass is 16.6. The van der Waals surface area contributed by atoms with E-state index in [0.717, 1.165) is 45.4 Å². The van der Waals surface area contributed by atoms with Crippen LogP contribution < -0.4 is 0 Å². The van der Waals surface area contributed by atoms with E-state index in [1.54, 1.807) is 0 Å². The molecular formula is C17H30N2O3. The lowest BCUT2D eigenvalue weighted by atomic mass is 9.76. The summed E-state index contributed by atoms with van der Waals surface area (Å²) in [7, 11) is 0. The van der Waals surface area contributed by atoms with Crippen molar-refractivity contribution < 1.29 is 14.6 Å². The van der Waals surface area contributed by atoms with E-state index >= 15 is 0 Å². The number of carbonyl (C=O) groups is 1. The minimum absolute atomic E-state index is 0.102. The van der Waals surface area contributed by atoms with Crippen LogP contribution in [0.5, 0.6) is 0 Å². The average molecular weight is 310 g/mol. The van der Waals surface area contributed by atoms with Crippen LogP contribution in [0.25, 0.3) is 0 Å². The maximum atomic E-state index is 11.8. The molecule has 0 aromatic carbocycles. The highest BCUT2D eigenvalue weighted by Crippen LogP contribution is 2.45. The lowest BCUT2D eigenvalue weighted by Gasteiger charge is -2.47. The summed E-state index contributed by atoms with van der Waals surface area (Å²) in [6.45, 7) is 6.11. The van der Waals surface area contributed by atoms with Crippen LogP contribution in [0.1, 0.15) is 51.9 Å². The molecule has 1 amide bonds. The van der Waals surface area contributed by atoms with Gasteiger partial charge in [-0.05, 0) is 52.0 Å². The zero-order chi connectivity index (χ0) is 15.6. The molecule has 2 atom stereocenters. The molecule has 0 aromatic rings. The van der Waals surface area contributed by atoms with Gasteiger partial charge in [-0.2, -0.15) is 0 Å². The normalized spacial score (nSPS) is 34.3. The fourth-order valence-electron chi connectivity index (χ4n) is 4.73. The van der Waals surface area contributed by atoms with Gasteiger partial charge in [0.05, 0.1) is 12.7 Å². The van der Waals surface area contributed by atoms with Crippen LogP contribution in [0.2, 0.25) is 0 Å². The van der Waals surface area contributed by atoms with Gasteiger partial charge in [0.1, 0.15) is 0 Å². The monoisotopic (exact) mass is 310 g/mol. The van der Waals surface area contributed by atoms with Crippen molar-refractivity contribution in [2.75, 3.05) is 32.8 Å². The van der Waals surface area contributed by atoms with Gasteiger partial charge in [0.25, 0.3) is 0 Å². The van der Waals surface area contributed by atoms with Crippen LogP contribution in [0.3, 0.4) is 0 Å². The Morgan fingerprint density at radius 2 is 1.91 bits per heavy atom. The number of piperidine rings is 2. The van der Waals surface area contributed by atoms with Gasteiger partial charge in [0.15, 0.2) is 0 Å². The van der Waals surface area contributed by atoms with Crippen molar-refractivity contribution in [3.05, 3.63) is 0 Å². The van der Waals surface area contributed by atoms with Crippen molar-refractivity contribution in [2.45, 2.75) is 64.0 Å². The van der Waals surface area contributed by atoms with Crippen LogP contribution in [0, 0.1) is 5.41 Å². The summed E-state index contributed by atoms with van der Waals surface area (Å²) >= 11 is 0. The van der Waals surface area contributed by atoms with Crippen LogP contribution >= 0.6 is 0 Å². The Balaban J connectivity index is 1.54. The van der Waals surface area contributed by atoms with Gasteiger partial charge in [0.2, 0.25) is 0 Å². The Hall–Kier alpha value is -0.810. The maximum absolute atomic E-state index is 11.8. The molecule has 22 heavy (non-hydrogen) atoms. The van der Waals surface area contributed by atoms with E-state index in [2.05, 4.69) is 4.90 Å². The smallest absolute Gasteiger partial charge is 0.409 e. The zero-order valence-corrected chi connectivity index (χ0v) is 13.8. The third-order valence-electron chi connectivity index (χ3n) is 6.00. The molecule has 2 heterocycles. The van der Waals surface area contributed by atoms with Gasteiger partial charge in [-0.1, -0.05) is 6.42 Å². The van der Waals surface area contributed by atoms with Gasteiger partial charge in [-0.15, -0.1) is 0 Å². The van der Waals surface area contributed by atoms with Gasteiger partial charge in [-0.3, -0.25) is 4.90 Å². The first kappa shape index (κ1) is 16.1. The van der Waals surface area contributed by atoms with Crippen molar-refractivity contribution in [1.29, 1.82) is 0 Å². The fourth-order valence-corrected chi connectivity index (χ4v) is 4.73. The quantitative estimate of drug-likeness (QED) is 0.850. The SMILES string of the molecule is CCOC(=O)N1CCC(N2CCC[C@]3(CCC[C@H]3O)C2)CC1. The molecule has 0 bridgehead atoms. The third-order valence-corrected chi connectivity index (χ3v) is 6.00. The van der Waals surface area contributed by atoms with E-state index in [1.807, 2.05) is 11.8 Å². The van der Waals surface area contributed by atoms with Crippen molar-refractivity contribution in [3.8, 4) is 0 Å². The zero-order valence-electron chi connectivity index (χ0n) is 13.8. The molecular weight excluding hydrogens is 280 g/mol. The summed E-state index contributed by atoms with van der Waals surface area (Å²) in [6, 6.07) is 0.565. The van der Waals surface area contributed by atoms with Crippen molar-refractivity contribution in [3.63, 3.8) is 0 Å². The summed E-state index contributed by atoms with van der Waals surface area (Å²) in [4.78, 5) is 16.2. The number of hydrogen-bond donors (Lipinski definition) is 1. The first-order chi connectivity index (χ1) is 10.6. The Morgan fingerprint density at radius 3 is 2.55 bits per heavy atom. The van der Waals surface area contributed by atoms with E-state index in [9.17, 15) is 9.90 Å². The summed E-state index contributed by atoms with van der Waals surface area (Å²) in [5, 5.41) is 10.4. The topological polar surface area (TPSA) is 53.0 Å². The minimum Gasteiger partial charge on any atom is -0.450 e. The lowest BCUT2D eigenvalue weighted by Crippen LogP contribution is -2.54. The van der Waals surface area contributed by atoms with Crippen LogP contribution in [0.15, 0.2) is 0 Å². The van der Waals surface area contributed by atoms with E-state index in [-0.39, 0.29) is 17.6 Å². The minimum atomic E-state index is -0.165. The molecule has 126 valence electrons. The highest BCUT2D eigenvalue weighted by molar-refractivity contribution is 5.67. The molecule has 1 N–H and O–H groups in total. The molecule has 3 aliphatic rings. The number of amides is 1. The Bertz CT molecular complexity index is 395. The number of nitrogens with zero attached hydrogens (tertiary/aromatic N) is 2. The predicted molar refractivity (Wildman–Crippen MR) is 84.7 cm³/mol. The van der Waals surface area contributed by atoms with E-state index in [4.69, 9.17) is 4.74 Å². The van der Waals surface area contributed by atoms with E-state index in [0.29, 0.717) is 12.6 Å². The van der Waals surface area contributed by atoms with Crippen LogP contribution in [-0.4, -0.2) is 65.9 Å². The second-order valence-corrected chi connectivity index (χ2v) is 7.26. The molecule has 0 unspecified atom stereocenters. The first-order valence-corrected chi connectivity index (χ1v) is 8.98. The van der Waals surface area contributed by atoms with Crippen LogP contribution in [0.4, 0.5) is 4.79 Å². The number of rotatable bonds is 2. The molecule has 3 rings (SSSR count). The van der Waals surface area contributed by atoms with Crippen molar-refractivity contribution in [2.24, 2.45) is 5.41 Å². The van der Waals surface area contributed by atoms with Crippen LogP contribution in [-0.2, 0) is 4.74 Å². The second-order valence-electron chi connectivity index (χ2n) is 7.26. The predicted octanol–water partition coefficient (Wildman–Crippen LogP) is 2.23. The third kappa shape index (κ3) is 3.11. The highest BCUT2D eigenvalue weighted by Gasteiger charge is 2.46. The molecule has 2 aliphatic heterocycles. The molecule has 5 nitrogen and oxygen atoms in total. The summed E-state index contributed by atoms with van der Waals surface area (Å²) in [5.41, 5.74) is 0.163. The molecule has 2 saturated heterocycles. The molecule has 0 aromatic heterocycles. The largest absolute Gasteiger partial charge is 0.450 e. The van der Waals surface area contributed by atoms with E-state index < -0.39 is 0 Å². The van der Waals surface area contributed by atoms with E-state index in [1.165, 1.54) is 25.7 Å². The van der Waals surface area contributed by atoms with Gasteiger partial charge >= 0.3 is 6.09 Å². The van der Waals surface area contributed by atoms with Gasteiger partial charge in [-0.25, -0.2) is 4.79 Å². The lowest BCUT2D eigenvalue weighted by molar-refractivity contribution is -0.0318. The Kier molecular flexibility index (Phi) is 4.93. The number of likely N-dealkylation sites (tertiary alicyclic amines) is 2. The Labute approximate surface area is 133 Å². The molecule has 1 spiro atoms. The molecule has 5 heteroatoms. The second kappa shape index (κ2) is 6.75. The fraction of sp³-hybridized carbons (Fsp3) is 0.941. The molecule has 0 radical (unpaired) electrons. The summed E-state index contributed by atoms with van der Waals surface area (Å²) in [5.74, 6) is 0. The Morgan fingerprint density at radius 1 is 1.18 bits per heavy atom. The summed E-state index contributed by atoms with van der Waals surface area (Å²) < 4.78 is 5.09. The first-order valence-electron chi connectivity index (χ1n) is 8.98. The van der Waals surface area contributed by atoms with Crippen molar-refractivity contribution in [1.82, 2.24) is 9.80 Å². The van der Waals surface area contributed by atoms with Gasteiger partial charge in [0, 0.05) is 31.1 Å². The molecule has 3 fully saturated rings. The maximum Gasteiger partial charge on any atom is 0.409 e. The number of aliphatic hydroxyl groups is 1.